The minimum atomic E-state index is -0.290. The lowest BCUT2D eigenvalue weighted by molar-refractivity contribution is -0.121. The van der Waals surface area contributed by atoms with Crippen LogP contribution >= 0.6 is 0 Å². The summed E-state index contributed by atoms with van der Waals surface area (Å²) in [5, 5.41) is 13.5. The zero-order valence-corrected chi connectivity index (χ0v) is 9.89. The number of aliphatic hydroxyl groups is 1. The first-order valence-corrected chi connectivity index (χ1v) is 5.59. The zero-order chi connectivity index (χ0) is 13.2. The summed E-state index contributed by atoms with van der Waals surface area (Å²) < 4.78 is 5.02. The molecule has 3 N–H and O–H groups in total. The summed E-state index contributed by atoms with van der Waals surface area (Å²) in [4.78, 5) is 22.4. The Morgan fingerprint density at radius 1 is 1.33 bits per heavy atom. The van der Waals surface area contributed by atoms with Crippen LogP contribution in [0.25, 0.3) is 6.08 Å². The molecule has 0 unspecified atom stereocenters. The van der Waals surface area contributed by atoms with Crippen molar-refractivity contribution in [2.45, 2.75) is 6.42 Å². The van der Waals surface area contributed by atoms with Crippen LogP contribution in [-0.4, -0.2) is 36.6 Å². The summed E-state index contributed by atoms with van der Waals surface area (Å²) in [6.45, 7) is 0.383. The van der Waals surface area contributed by atoms with Crippen LogP contribution in [0.4, 0.5) is 0 Å². The number of furan rings is 1. The van der Waals surface area contributed by atoms with Gasteiger partial charge < -0.3 is 20.2 Å². The minimum Gasteiger partial charge on any atom is -0.465 e. The number of carbonyl (C=O) groups excluding carboxylic acids is 2. The third kappa shape index (κ3) is 5.86. The van der Waals surface area contributed by atoms with E-state index in [-0.39, 0.29) is 37.9 Å². The van der Waals surface area contributed by atoms with Gasteiger partial charge in [0.15, 0.2) is 0 Å². The molecule has 0 radical (unpaired) electrons. The van der Waals surface area contributed by atoms with Crippen LogP contribution in [0.15, 0.2) is 28.9 Å². The average Bonchev–Trinajstić information content (AvgIpc) is 2.87. The molecule has 0 saturated carbocycles. The van der Waals surface area contributed by atoms with E-state index in [1.165, 1.54) is 12.3 Å². The lowest BCUT2D eigenvalue weighted by Gasteiger charge is -2.03. The van der Waals surface area contributed by atoms with Crippen molar-refractivity contribution < 1.29 is 19.1 Å². The molecular formula is C12H16N2O4. The van der Waals surface area contributed by atoms with Crippen molar-refractivity contribution in [2.24, 2.45) is 0 Å². The van der Waals surface area contributed by atoms with E-state index < -0.39 is 0 Å². The van der Waals surface area contributed by atoms with E-state index in [1.54, 1.807) is 18.2 Å². The number of hydrogen-bond donors (Lipinski definition) is 3. The molecule has 6 nitrogen and oxygen atoms in total. The van der Waals surface area contributed by atoms with Crippen molar-refractivity contribution in [1.29, 1.82) is 0 Å². The first-order chi connectivity index (χ1) is 8.72. The van der Waals surface area contributed by atoms with Gasteiger partial charge in [-0.05, 0) is 18.2 Å². The summed E-state index contributed by atoms with van der Waals surface area (Å²) in [6, 6.07) is 3.45. The van der Waals surface area contributed by atoms with Crippen LogP contribution in [0, 0.1) is 0 Å². The predicted molar refractivity (Wildman–Crippen MR) is 65.5 cm³/mol. The quantitative estimate of drug-likeness (QED) is 0.591. The molecule has 0 spiro atoms. The highest BCUT2D eigenvalue weighted by molar-refractivity contribution is 5.91. The Morgan fingerprint density at radius 2 is 2.17 bits per heavy atom. The van der Waals surface area contributed by atoms with Gasteiger partial charge in [0.2, 0.25) is 11.8 Å². The van der Waals surface area contributed by atoms with Crippen LogP contribution in [0.2, 0.25) is 0 Å². The minimum absolute atomic E-state index is 0.0933. The Morgan fingerprint density at radius 3 is 2.83 bits per heavy atom. The highest BCUT2D eigenvalue weighted by Crippen LogP contribution is 2.01. The second-order valence-corrected chi connectivity index (χ2v) is 3.46. The van der Waals surface area contributed by atoms with Gasteiger partial charge in [-0.2, -0.15) is 0 Å². The van der Waals surface area contributed by atoms with E-state index in [4.69, 9.17) is 9.52 Å². The number of carbonyl (C=O) groups is 2. The molecule has 0 aliphatic carbocycles. The molecule has 0 aliphatic rings. The summed E-state index contributed by atoms with van der Waals surface area (Å²) in [5.74, 6) is 0.0894. The van der Waals surface area contributed by atoms with Gasteiger partial charge in [-0.15, -0.1) is 0 Å². The molecular weight excluding hydrogens is 236 g/mol. The Hall–Kier alpha value is -2.08. The van der Waals surface area contributed by atoms with Crippen molar-refractivity contribution in [1.82, 2.24) is 10.6 Å². The molecule has 2 amide bonds. The Kier molecular flexibility index (Phi) is 6.27. The van der Waals surface area contributed by atoms with Gasteiger partial charge in [0.25, 0.3) is 0 Å². The number of amides is 2. The topological polar surface area (TPSA) is 91.6 Å². The molecule has 1 aromatic heterocycles. The number of rotatable bonds is 7. The SMILES string of the molecule is O=C(/C=C/c1ccco1)NCCC(=O)NCCO. The Labute approximate surface area is 105 Å². The molecule has 1 rings (SSSR count). The van der Waals surface area contributed by atoms with E-state index in [1.807, 2.05) is 0 Å². The smallest absolute Gasteiger partial charge is 0.244 e. The largest absolute Gasteiger partial charge is 0.465 e. The van der Waals surface area contributed by atoms with Gasteiger partial charge in [-0.25, -0.2) is 0 Å². The van der Waals surface area contributed by atoms with Gasteiger partial charge in [0, 0.05) is 25.6 Å². The van der Waals surface area contributed by atoms with Crippen LogP contribution in [0.1, 0.15) is 12.2 Å². The molecule has 0 saturated heterocycles. The molecule has 0 fully saturated rings. The van der Waals surface area contributed by atoms with Crippen LogP contribution < -0.4 is 10.6 Å². The van der Waals surface area contributed by atoms with Crippen molar-refractivity contribution in [3.63, 3.8) is 0 Å². The highest BCUT2D eigenvalue weighted by Gasteiger charge is 2.01. The van der Waals surface area contributed by atoms with E-state index >= 15 is 0 Å². The van der Waals surface area contributed by atoms with Gasteiger partial charge in [-0.1, -0.05) is 0 Å². The van der Waals surface area contributed by atoms with E-state index in [9.17, 15) is 9.59 Å². The van der Waals surface area contributed by atoms with Crippen molar-refractivity contribution >= 4 is 17.9 Å². The third-order valence-electron chi connectivity index (χ3n) is 2.03. The molecule has 0 atom stereocenters. The number of hydrogen-bond acceptors (Lipinski definition) is 4. The summed E-state index contributed by atoms with van der Waals surface area (Å²) >= 11 is 0. The van der Waals surface area contributed by atoms with E-state index in [2.05, 4.69) is 10.6 Å². The Bertz CT molecular complexity index is 398. The van der Waals surface area contributed by atoms with Crippen LogP contribution in [0.5, 0.6) is 0 Å². The zero-order valence-electron chi connectivity index (χ0n) is 9.89. The number of nitrogens with one attached hydrogen (secondary N) is 2. The third-order valence-corrected chi connectivity index (χ3v) is 2.03. The molecule has 1 heterocycles. The molecule has 18 heavy (non-hydrogen) atoms. The lowest BCUT2D eigenvalue weighted by atomic mass is 10.3. The van der Waals surface area contributed by atoms with Crippen molar-refractivity contribution in [3.05, 3.63) is 30.2 Å². The van der Waals surface area contributed by atoms with E-state index in [0.717, 1.165) is 0 Å². The molecule has 1 aromatic rings. The van der Waals surface area contributed by atoms with Crippen molar-refractivity contribution in [3.8, 4) is 0 Å². The highest BCUT2D eigenvalue weighted by atomic mass is 16.3. The van der Waals surface area contributed by atoms with Crippen LogP contribution in [-0.2, 0) is 9.59 Å². The second kappa shape index (κ2) is 8.08. The molecule has 0 bridgehead atoms. The fourth-order valence-corrected chi connectivity index (χ4v) is 1.19. The van der Waals surface area contributed by atoms with Gasteiger partial charge >= 0.3 is 0 Å². The molecule has 0 aliphatic heterocycles. The van der Waals surface area contributed by atoms with Gasteiger partial charge in [-0.3, -0.25) is 9.59 Å². The standard InChI is InChI=1S/C12H16N2O4/c15-8-7-14-12(17)5-6-13-11(16)4-3-10-2-1-9-18-10/h1-4,9,15H,5-8H2,(H,13,16)(H,14,17)/b4-3+. The monoisotopic (exact) mass is 252 g/mol. The molecule has 6 heteroatoms. The molecule has 0 aromatic carbocycles. The summed E-state index contributed by atoms with van der Waals surface area (Å²) in [5.41, 5.74) is 0. The van der Waals surface area contributed by atoms with E-state index in [0.29, 0.717) is 5.76 Å². The normalized spacial score (nSPS) is 10.5. The summed E-state index contributed by atoms with van der Waals surface area (Å²) in [6.07, 6.45) is 4.58. The Balaban J connectivity index is 2.15. The second-order valence-electron chi connectivity index (χ2n) is 3.46. The maximum Gasteiger partial charge on any atom is 0.244 e. The fraction of sp³-hybridized carbons (Fsp3) is 0.333. The predicted octanol–water partition coefficient (Wildman–Crippen LogP) is -0.0924. The first-order valence-electron chi connectivity index (χ1n) is 5.59. The van der Waals surface area contributed by atoms with Gasteiger partial charge in [0.1, 0.15) is 5.76 Å². The fourth-order valence-electron chi connectivity index (χ4n) is 1.19. The van der Waals surface area contributed by atoms with Crippen LogP contribution in [0.3, 0.4) is 0 Å². The number of aliphatic hydroxyl groups excluding tert-OH is 1. The lowest BCUT2D eigenvalue weighted by Crippen LogP contribution is -2.31. The van der Waals surface area contributed by atoms with Gasteiger partial charge in [0.05, 0.1) is 12.9 Å². The molecule has 98 valence electrons. The summed E-state index contributed by atoms with van der Waals surface area (Å²) in [7, 11) is 0. The average molecular weight is 252 g/mol. The first kappa shape index (κ1) is 14.0. The maximum absolute atomic E-state index is 11.3. The maximum atomic E-state index is 11.3. The van der Waals surface area contributed by atoms with Crippen molar-refractivity contribution in [2.75, 3.05) is 19.7 Å².